The Bertz CT molecular complexity index is 421. The molecule has 22 heavy (non-hydrogen) atoms. The summed E-state index contributed by atoms with van der Waals surface area (Å²) in [5.74, 6) is 1.14. The number of nitrogens with one attached hydrogen (secondary N) is 2. The normalized spacial score (nSPS) is 40.9. The summed E-state index contributed by atoms with van der Waals surface area (Å²) in [5.41, 5.74) is -0.456. The topological polar surface area (TPSA) is 59.6 Å². The summed E-state index contributed by atoms with van der Waals surface area (Å²) in [6.45, 7) is 8.80. The molecule has 0 radical (unpaired) electrons. The van der Waals surface area contributed by atoms with E-state index >= 15 is 0 Å². The van der Waals surface area contributed by atoms with Gasteiger partial charge < -0.3 is 20.1 Å². The highest BCUT2D eigenvalue weighted by Gasteiger charge is 2.55. The van der Waals surface area contributed by atoms with E-state index in [9.17, 15) is 4.79 Å². The molecule has 126 valence electrons. The van der Waals surface area contributed by atoms with Crippen molar-refractivity contribution < 1.29 is 14.3 Å². The van der Waals surface area contributed by atoms with Crippen LogP contribution in [0.3, 0.4) is 0 Å². The number of rotatable bonds is 3. The molecule has 3 rings (SSSR count). The van der Waals surface area contributed by atoms with Gasteiger partial charge in [-0.1, -0.05) is 13.3 Å². The maximum atomic E-state index is 12.1. The molecule has 1 heterocycles. The van der Waals surface area contributed by atoms with Crippen LogP contribution in [-0.4, -0.2) is 42.5 Å². The average molecular weight is 310 g/mol. The number of ether oxygens (including phenoxy) is 2. The van der Waals surface area contributed by atoms with Crippen LogP contribution < -0.4 is 10.6 Å². The summed E-state index contributed by atoms with van der Waals surface area (Å²) < 4.78 is 11.3. The van der Waals surface area contributed by atoms with Crippen molar-refractivity contribution in [3.8, 4) is 0 Å². The lowest BCUT2D eigenvalue weighted by molar-refractivity contribution is -0.0388. The minimum absolute atomic E-state index is 0.134. The molecular formula is C17H30N2O3. The fraction of sp³-hybridized carbons (Fsp3) is 0.941. The molecule has 1 aliphatic heterocycles. The summed E-state index contributed by atoms with van der Waals surface area (Å²) >= 11 is 0. The monoisotopic (exact) mass is 310 g/mol. The molecule has 2 saturated carbocycles. The van der Waals surface area contributed by atoms with Crippen LogP contribution in [0.5, 0.6) is 0 Å². The summed E-state index contributed by atoms with van der Waals surface area (Å²) in [6.07, 6.45) is 4.80. The molecule has 0 spiro atoms. The lowest BCUT2D eigenvalue weighted by Crippen LogP contribution is -2.71. The van der Waals surface area contributed by atoms with E-state index in [1.54, 1.807) is 0 Å². The zero-order chi connectivity index (χ0) is 15.9. The highest BCUT2D eigenvalue weighted by molar-refractivity contribution is 5.68. The van der Waals surface area contributed by atoms with Crippen LogP contribution >= 0.6 is 0 Å². The molecule has 2 N–H and O–H groups in total. The molecule has 0 aromatic heterocycles. The van der Waals surface area contributed by atoms with Crippen molar-refractivity contribution >= 4 is 6.09 Å². The minimum Gasteiger partial charge on any atom is -0.444 e. The average Bonchev–Trinajstić information content (AvgIpc) is 2.98. The molecule has 6 atom stereocenters. The molecular weight excluding hydrogens is 280 g/mol. The van der Waals surface area contributed by atoms with Crippen molar-refractivity contribution in [2.75, 3.05) is 6.61 Å². The number of carbonyl (C=O) groups excluding carboxylic acids is 1. The van der Waals surface area contributed by atoms with Gasteiger partial charge in [0.05, 0.1) is 18.2 Å². The molecule has 1 amide bonds. The Kier molecular flexibility index (Phi) is 4.38. The van der Waals surface area contributed by atoms with Crippen molar-refractivity contribution in [1.29, 1.82) is 0 Å². The first kappa shape index (κ1) is 16.1. The second-order valence-corrected chi connectivity index (χ2v) is 8.17. The van der Waals surface area contributed by atoms with Crippen LogP contribution in [0.1, 0.15) is 53.4 Å². The van der Waals surface area contributed by atoms with E-state index in [1.807, 2.05) is 20.8 Å². The Morgan fingerprint density at radius 1 is 1.18 bits per heavy atom. The van der Waals surface area contributed by atoms with Crippen LogP contribution in [-0.2, 0) is 9.47 Å². The van der Waals surface area contributed by atoms with E-state index < -0.39 is 5.60 Å². The van der Waals surface area contributed by atoms with Gasteiger partial charge in [-0.15, -0.1) is 0 Å². The summed E-state index contributed by atoms with van der Waals surface area (Å²) in [4.78, 5) is 12.1. The molecule has 0 aromatic rings. The van der Waals surface area contributed by atoms with E-state index in [0.29, 0.717) is 17.9 Å². The Morgan fingerprint density at radius 2 is 1.95 bits per heavy atom. The maximum Gasteiger partial charge on any atom is 0.407 e. The fourth-order valence-corrected chi connectivity index (χ4v) is 4.19. The zero-order valence-corrected chi connectivity index (χ0v) is 14.2. The number of alkyl carbamates (subject to hydrolysis) is 1. The van der Waals surface area contributed by atoms with Gasteiger partial charge in [-0.3, -0.25) is 0 Å². The van der Waals surface area contributed by atoms with Gasteiger partial charge in [0.2, 0.25) is 0 Å². The van der Waals surface area contributed by atoms with Gasteiger partial charge in [-0.25, -0.2) is 4.79 Å². The van der Waals surface area contributed by atoms with Gasteiger partial charge >= 0.3 is 6.09 Å². The van der Waals surface area contributed by atoms with Crippen molar-refractivity contribution in [3.63, 3.8) is 0 Å². The van der Waals surface area contributed by atoms with E-state index in [4.69, 9.17) is 9.47 Å². The molecule has 5 nitrogen and oxygen atoms in total. The lowest BCUT2D eigenvalue weighted by atomic mass is 9.71. The number of fused-ring (bicyclic) bond motifs is 1. The predicted octanol–water partition coefficient (Wildman–Crippen LogP) is 2.45. The van der Waals surface area contributed by atoms with Crippen LogP contribution in [0, 0.1) is 11.8 Å². The quantitative estimate of drug-likeness (QED) is 0.840. The number of amides is 1. The first-order valence-corrected chi connectivity index (χ1v) is 8.72. The third kappa shape index (κ3) is 3.25. The first-order valence-electron chi connectivity index (χ1n) is 8.72. The molecule has 5 heteroatoms. The number of hydrogen-bond donors (Lipinski definition) is 2. The molecule has 3 aliphatic rings. The highest BCUT2D eigenvalue weighted by Crippen LogP contribution is 2.40. The van der Waals surface area contributed by atoms with Crippen molar-refractivity contribution in [2.45, 2.75) is 83.2 Å². The van der Waals surface area contributed by atoms with Gasteiger partial charge in [0.25, 0.3) is 0 Å². The van der Waals surface area contributed by atoms with Gasteiger partial charge in [0.1, 0.15) is 5.60 Å². The van der Waals surface area contributed by atoms with E-state index in [-0.39, 0.29) is 24.3 Å². The van der Waals surface area contributed by atoms with Crippen LogP contribution in [0.2, 0.25) is 0 Å². The largest absolute Gasteiger partial charge is 0.444 e. The summed E-state index contributed by atoms with van der Waals surface area (Å²) in [5, 5.41) is 6.84. The SMILES string of the molecule is CC1CCCC1NC1C(NC(=O)OC(C)(C)C)C2CCOC21. The Morgan fingerprint density at radius 3 is 2.59 bits per heavy atom. The summed E-state index contributed by atoms with van der Waals surface area (Å²) in [6, 6.07) is 0.916. The van der Waals surface area contributed by atoms with Crippen molar-refractivity contribution in [1.82, 2.24) is 10.6 Å². The lowest BCUT2D eigenvalue weighted by Gasteiger charge is -2.49. The van der Waals surface area contributed by atoms with Crippen LogP contribution in [0.4, 0.5) is 4.79 Å². The van der Waals surface area contributed by atoms with Gasteiger partial charge in [-0.2, -0.15) is 0 Å². The zero-order valence-electron chi connectivity index (χ0n) is 14.2. The number of hydrogen-bond acceptors (Lipinski definition) is 4. The summed E-state index contributed by atoms with van der Waals surface area (Å²) in [7, 11) is 0. The van der Waals surface area contributed by atoms with E-state index in [0.717, 1.165) is 13.0 Å². The highest BCUT2D eigenvalue weighted by atomic mass is 16.6. The molecule has 0 aromatic carbocycles. The molecule has 3 fully saturated rings. The Hall–Kier alpha value is -0.810. The van der Waals surface area contributed by atoms with Crippen LogP contribution in [0.15, 0.2) is 0 Å². The van der Waals surface area contributed by atoms with Crippen molar-refractivity contribution in [3.05, 3.63) is 0 Å². The minimum atomic E-state index is -0.456. The molecule has 6 unspecified atom stereocenters. The van der Waals surface area contributed by atoms with Crippen LogP contribution in [0.25, 0.3) is 0 Å². The fourth-order valence-electron chi connectivity index (χ4n) is 4.19. The standard InChI is InChI=1S/C17H30N2O3/c1-10-6-5-7-12(10)18-14-13(11-8-9-21-15(11)14)19-16(20)22-17(2,3)4/h10-15,18H,5-9H2,1-4H3,(H,19,20). The second kappa shape index (κ2) is 6.00. The first-order chi connectivity index (χ1) is 10.3. The van der Waals surface area contributed by atoms with Gasteiger partial charge in [0, 0.05) is 18.6 Å². The van der Waals surface area contributed by atoms with E-state index in [1.165, 1.54) is 19.3 Å². The third-order valence-corrected chi connectivity index (χ3v) is 5.34. The van der Waals surface area contributed by atoms with E-state index in [2.05, 4.69) is 17.6 Å². The van der Waals surface area contributed by atoms with Crippen molar-refractivity contribution in [2.24, 2.45) is 11.8 Å². The second-order valence-electron chi connectivity index (χ2n) is 8.17. The van der Waals surface area contributed by atoms with Gasteiger partial charge in [0.15, 0.2) is 0 Å². The Labute approximate surface area is 133 Å². The molecule has 0 bridgehead atoms. The smallest absolute Gasteiger partial charge is 0.407 e. The predicted molar refractivity (Wildman–Crippen MR) is 84.7 cm³/mol. The molecule has 2 aliphatic carbocycles. The Balaban J connectivity index is 1.59. The third-order valence-electron chi connectivity index (χ3n) is 5.34. The maximum absolute atomic E-state index is 12.1. The number of carbonyl (C=O) groups is 1. The van der Waals surface area contributed by atoms with Gasteiger partial charge in [-0.05, 0) is 46.0 Å². The molecule has 1 saturated heterocycles.